The van der Waals surface area contributed by atoms with E-state index in [9.17, 15) is 0 Å². The second-order valence-electron chi connectivity index (χ2n) is 7.86. The Kier molecular flexibility index (Phi) is 10.4. The Morgan fingerprint density at radius 3 is 2.47 bits per heavy atom. The summed E-state index contributed by atoms with van der Waals surface area (Å²) in [5.74, 6) is 2.43. The normalized spacial score (nSPS) is 15.4. The molecular weight excluding hydrogens is 487 g/mol. The third-order valence-corrected chi connectivity index (χ3v) is 5.61. The molecule has 1 fully saturated rings. The van der Waals surface area contributed by atoms with Crippen molar-refractivity contribution in [2.24, 2.45) is 10.9 Å². The highest BCUT2D eigenvalue weighted by Gasteiger charge is 2.19. The number of aliphatic imine (C=N–C) groups is 1. The summed E-state index contributed by atoms with van der Waals surface area (Å²) in [6.07, 6.45) is 2.46. The molecule has 0 bridgehead atoms. The summed E-state index contributed by atoms with van der Waals surface area (Å²) in [5, 5.41) is 6.89. The van der Waals surface area contributed by atoms with Crippen LogP contribution in [0.25, 0.3) is 0 Å². The van der Waals surface area contributed by atoms with Crippen LogP contribution >= 0.6 is 24.0 Å². The predicted octanol–water partition coefficient (Wildman–Crippen LogP) is 4.20. The molecule has 3 rings (SSSR count). The summed E-state index contributed by atoms with van der Waals surface area (Å²) in [6, 6.07) is 17.0. The van der Waals surface area contributed by atoms with Gasteiger partial charge in [0.1, 0.15) is 5.75 Å². The first kappa shape index (κ1) is 24.5. The smallest absolute Gasteiger partial charge is 0.191 e. The Labute approximate surface area is 198 Å². The number of piperidine rings is 1. The average Bonchev–Trinajstić information content (AvgIpc) is 2.76. The molecule has 0 unspecified atom stereocenters. The maximum Gasteiger partial charge on any atom is 0.191 e. The van der Waals surface area contributed by atoms with Crippen molar-refractivity contribution in [2.45, 2.75) is 32.9 Å². The van der Waals surface area contributed by atoms with Crippen LogP contribution in [0.1, 0.15) is 29.5 Å². The second-order valence-corrected chi connectivity index (χ2v) is 7.86. The van der Waals surface area contributed by atoms with E-state index in [1.165, 1.54) is 29.5 Å². The molecule has 164 valence electrons. The summed E-state index contributed by atoms with van der Waals surface area (Å²) < 4.78 is 5.29. The van der Waals surface area contributed by atoms with E-state index >= 15 is 0 Å². The van der Waals surface area contributed by atoms with E-state index in [0.29, 0.717) is 5.92 Å². The lowest BCUT2D eigenvalue weighted by Crippen LogP contribution is -2.42. The van der Waals surface area contributed by atoms with E-state index in [4.69, 9.17) is 4.74 Å². The van der Waals surface area contributed by atoms with Crippen LogP contribution in [0.4, 0.5) is 0 Å². The number of ether oxygens (including phenoxy) is 1. The molecule has 1 heterocycles. The first-order chi connectivity index (χ1) is 14.2. The van der Waals surface area contributed by atoms with Gasteiger partial charge in [0.2, 0.25) is 0 Å². The highest BCUT2D eigenvalue weighted by molar-refractivity contribution is 14.0. The summed E-state index contributed by atoms with van der Waals surface area (Å²) in [7, 11) is 3.52. The van der Waals surface area contributed by atoms with E-state index < -0.39 is 0 Å². The monoisotopic (exact) mass is 522 g/mol. The molecule has 6 heteroatoms. The van der Waals surface area contributed by atoms with Crippen LogP contribution in [0.2, 0.25) is 0 Å². The molecule has 1 saturated heterocycles. The van der Waals surface area contributed by atoms with Gasteiger partial charge in [-0.1, -0.05) is 42.0 Å². The van der Waals surface area contributed by atoms with Gasteiger partial charge < -0.3 is 15.4 Å². The Morgan fingerprint density at radius 1 is 1.07 bits per heavy atom. The van der Waals surface area contributed by atoms with Gasteiger partial charge in [0.15, 0.2) is 5.96 Å². The molecule has 1 aliphatic rings. The number of hydrogen-bond acceptors (Lipinski definition) is 3. The van der Waals surface area contributed by atoms with Gasteiger partial charge in [0.25, 0.3) is 0 Å². The number of aryl methyl sites for hydroxylation is 1. The molecule has 2 aromatic rings. The molecule has 0 atom stereocenters. The summed E-state index contributed by atoms with van der Waals surface area (Å²) in [5.41, 5.74) is 3.91. The zero-order valence-corrected chi connectivity index (χ0v) is 20.7. The van der Waals surface area contributed by atoms with Gasteiger partial charge >= 0.3 is 0 Å². The highest BCUT2D eigenvalue weighted by atomic mass is 127. The van der Waals surface area contributed by atoms with Crippen molar-refractivity contribution in [3.63, 3.8) is 0 Å². The van der Waals surface area contributed by atoms with Crippen molar-refractivity contribution in [1.29, 1.82) is 0 Å². The SMILES string of the molecule is CN=C(NCc1cccc(OC)c1)NCC1CCN(Cc2ccc(C)cc2)CC1.I. The van der Waals surface area contributed by atoms with Gasteiger partial charge in [-0.05, 0) is 62.0 Å². The zero-order chi connectivity index (χ0) is 20.5. The van der Waals surface area contributed by atoms with Crippen molar-refractivity contribution >= 4 is 29.9 Å². The number of methoxy groups -OCH3 is 1. The van der Waals surface area contributed by atoms with Crippen molar-refractivity contribution in [3.8, 4) is 5.75 Å². The minimum atomic E-state index is 0. The highest BCUT2D eigenvalue weighted by Crippen LogP contribution is 2.18. The van der Waals surface area contributed by atoms with Crippen LogP contribution in [0.5, 0.6) is 5.75 Å². The lowest BCUT2D eigenvalue weighted by atomic mass is 9.96. The quantitative estimate of drug-likeness (QED) is 0.325. The van der Waals surface area contributed by atoms with Gasteiger partial charge in [-0.15, -0.1) is 24.0 Å². The van der Waals surface area contributed by atoms with Crippen LogP contribution in [0, 0.1) is 12.8 Å². The standard InChI is InChI=1S/C24H34N4O.HI/c1-19-7-9-21(10-8-19)18-28-13-11-20(12-14-28)16-26-24(25-2)27-17-22-5-4-6-23(15-22)29-3;/h4-10,15,20H,11-14,16-18H2,1-3H3,(H2,25,26,27);1H. The van der Waals surface area contributed by atoms with Crippen molar-refractivity contribution in [3.05, 3.63) is 65.2 Å². The second kappa shape index (κ2) is 12.8. The number of halogens is 1. The minimum absolute atomic E-state index is 0. The van der Waals surface area contributed by atoms with E-state index in [2.05, 4.69) is 57.8 Å². The third kappa shape index (κ3) is 7.80. The van der Waals surface area contributed by atoms with Crippen LogP contribution in [0.15, 0.2) is 53.5 Å². The number of benzene rings is 2. The maximum absolute atomic E-state index is 5.29. The van der Waals surface area contributed by atoms with Gasteiger partial charge in [0, 0.05) is 26.7 Å². The fraction of sp³-hybridized carbons (Fsp3) is 0.458. The molecule has 2 N–H and O–H groups in total. The zero-order valence-electron chi connectivity index (χ0n) is 18.4. The molecule has 2 aromatic carbocycles. The van der Waals surface area contributed by atoms with Gasteiger partial charge in [-0.3, -0.25) is 9.89 Å². The lowest BCUT2D eigenvalue weighted by molar-refractivity contribution is 0.178. The number of rotatable bonds is 7. The Bertz CT molecular complexity index is 786. The molecule has 0 aliphatic carbocycles. The fourth-order valence-corrected chi connectivity index (χ4v) is 3.73. The third-order valence-electron chi connectivity index (χ3n) is 5.61. The topological polar surface area (TPSA) is 48.9 Å². The summed E-state index contributed by atoms with van der Waals surface area (Å²) in [4.78, 5) is 6.93. The number of hydrogen-bond donors (Lipinski definition) is 2. The Morgan fingerprint density at radius 2 is 1.80 bits per heavy atom. The van der Waals surface area contributed by atoms with Gasteiger partial charge in [0.05, 0.1) is 7.11 Å². The van der Waals surface area contributed by atoms with E-state index in [1.54, 1.807) is 7.11 Å². The molecule has 30 heavy (non-hydrogen) atoms. The molecule has 1 aliphatic heterocycles. The van der Waals surface area contributed by atoms with Gasteiger partial charge in [-0.2, -0.15) is 0 Å². The first-order valence-corrected chi connectivity index (χ1v) is 10.5. The summed E-state index contributed by atoms with van der Waals surface area (Å²) in [6.45, 7) is 7.22. The Balaban J connectivity index is 0.00000320. The molecule has 0 radical (unpaired) electrons. The summed E-state index contributed by atoms with van der Waals surface area (Å²) >= 11 is 0. The largest absolute Gasteiger partial charge is 0.497 e. The molecule has 0 amide bonds. The van der Waals surface area contributed by atoms with Crippen molar-refractivity contribution in [1.82, 2.24) is 15.5 Å². The predicted molar refractivity (Wildman–Crippen MR) is 136 cm³/mol. The van der Waals surface area contributed by atoms with Gasteiger partial charge in [-0.25, -0.2) is 0 Å². The molecule has 0 aromatic heterocycles. The van der Waals surface area contributed by atoms with Crippen molar-refractivity contribution < 1.29 is 4.74 Å². The number of nitrogens with one attached hydrogen (secondary N) is 2. The number of nitrogens with zero attached hydrogens (tertiary/aromatic N) is 2. The fourth-order valence-electron chi connectivity index (χ4n) is 3.73. The van der Waals surface area contributed by atoms with Crippen LogP contribution in [0.3, 0.4) is 0 Å². The van der Waals surface area contributed by atoms with Crippen molar-refractivity contribution in [2.75, 3.05) is 33.8 Å². The minimum Gasteiger partial charge on any atom is -0.497 e. The van der Waals surface area contributed by atoms with Crippen LogP contribution < -0.4 is 15.4 Å². The average molecular weight is 522 g/mol. The first-order valence-electron chi connectivity index (χ1n) is 10.5. The molecule has 5 nitrogen and oxygen atoms in total. The van der Waals surface area contributed by atoms with Crippen LogP contribution in [-0.4, -0.2) is 44.7 Å². The Hall–Kier alpha value is -1.80. The number of guanidine groups is 1. The molecular formula is C24H35IN4O. The lowest BCUT2D eigenvalue weighted by Gasteiger charge is -2.32. The maximum atomic E-state index is 5.29. The number of likely N-dealkylation sites (tertiary alicyclic amines) is 1. The molecule has 0 saturated carbocycles. The van der Waals surface area contributed by atoms with E-state index in [0.717, 1.165) is 44.4 Å². The van der Waals surface area contributed by atoms with E-state index in [1.807, 2.05) is 25.2 Å². The van der Waals surface area contributed by atoms with E-state index in [-0.39, 0.29) is 24.0 Å². The molecule has 0 spiro atoms. The van der Waals surface area contributed by atoms with Crippen LogP contribution in [-0.2, 0) is 13.1 Å².